The van der Waals surface area contributed by atoms with Gasteiger partial charge in [0.05, 0.1) is 10.6 Å². The predicted octanol–water partition coefficient (Wildman–Crippen LogP) is 2.47. The molecule has 0 saturated carbocycles. The van der Waals surface area contributed by atoms with Crippen LogP contribution in [0.5, 0.6) is 0 Å². The van der Waals surface area contributed by atoms with Gasteiger partial charge >= 0.3 is 0 Å². The highest BCUT2D eigenvalue weighted by atomic mass is 32.1. The van der Waals surface area contributed by atoms with Crippen molar-refractivity contribution in [3.8, 4) is 0 Å². The van der Waals surface area contributed by atoms with E-state index in [0.29, 0.717) is 6.54 Å². The second-order valence-corrected chi connectivity index (χ2v) is 7.25. The smallest absolute Gasteiger partial charge is 0.261 e. The molecule has 6 heteroatoms. The van der Waals surface area contributed by atoms with Crippen molar-refractivity contribution < 1.29 is 9.90 Å². The van der Waals surface area contributed by atoms with E-state index in [-0.39, 0.29) is 17.9 Å². The second kappa shape index (κ2) is 6.15. The predicted molar refractivity (Wildman–Crippen MR) is 85.8 cm³/mol. The molecule has 0 aliphatic heterocycles. The van der Waals surface area contributed by atoms with Crippen LogP contribution in [-0.4, -0.2) is 33.9 Å². The summed E-state index contributed by atoms with van der Waals surface area (Å²) in [7, 11) is 1.89. The van der Waals surface area contributed by atoms with Crippen molar-refractivity contribution in [1.29, 1.82) is 0 Å². The topological polar surface area (TPSA) is 67.2 Å². The minimum absolute atomic E-state index is 0.0302. The Kier molecular flexibility index (Phi) is 4.68. The number of rotatable bonds is 6. The lowest BCUT2D eigenvalue weighted by Crippen LogP contribution is -2.25. The first-order valence-corrected chi connectivity index (χ1v) is 7.98. The molecule has 2 N–H and O–H groups in total. The minimum Gasteiger partial charge on any atom is -0.396 e. The van der Waals surface area contributed by atoms with Gasteiger partial charge in [-0.1, -0.05) is 13.8 Å². The Balaban J connectivity index is 1.92. The van der Waals surface area contributed by atoms with E-state index in [1.165, 1.54) is 11.3 Å². The van der Waals surface area contributed by atoms with Gasteiger partial charge in [0.2, 0.25) is 0 Å². The zero-order valence-corrected chi connectivity index (χ0v) is 13.9. The lowest BCUT2D eigenvalue weighted by Gasteiger charge is -2.21. The third kappa shape index (κ3) is 3.63. The largest absolute Gasteiger partial charge is 0.396 e. The van der Waals surface area contributed by atoms with Gasteiger partial charge in [-0.3, -0.25) is 9.48 Å². The zero-order valence-electron chi connectivity index (χ0n) is 13.1. The van der Waals surface area contributed by atoms with E-state index in [2.05, 4.69) is 10.4 Å². The van der Waals surface area contributed by atoms with Crippen molar-refractivity contribution in [3.63, 3.8) is 0 Å². The number of hydrogen-bond donors (Lipinski definition) is 2. The Morgan fingerprint density at radius 3 is 2.86 bits per heavy atom. The van der Waals surface area contributed by atoms with E-state index in [0.717, 1.165) is 33.6 Å². The molecule has 0 aromatic carbocycles. The standard InChI is InChI=1S/C15H23N3O2S/c1-10-11-8-12(21-14(11)18(4)17-10)13(20)16-7-5-6-15(2,3)9-19/h8,19H,5-7,9H2,1-4H3,(H,16,20). The maximum Gasteiger partial charge on any atom is 0.261 e. The lowest BCUT2D eigenvalue weighted by molar-refractivity contribution is 0.0952. The molecule has 21 heavy (non-hydrogen) atoms. The molecule has 0 radical (unpaired) electrons. The molecular weight excluding hydrogens is 286 g/mol. The number of aliphatic hydroxyl groups is 1. The molecule has 116 valence electrons. The van der Waals surface area contributed by atoms with E-state index in [1.54, 1.807) is 0 Å². The van der Waals surface area contributed by atoms with E-state index in [1.807, 2.05) is 38.6 Å². The summed E-state index contributed by atoms with van der Waals surface area (Å²) < 4.78 is 1.82. The Labute approximate surface area is 129 Å². The van der Waals surface area contributed by atoms with Gasteiger partial charge in [0.25, 0.3) is 5.91 Å². The highest BCUT2D eigenvalue weighted by molar-refractivity contribution is 7.20. The summed E-state index contributed by atoms with van der Waals surface area (Å²) in [5.74, 6) is -0.0302. The number of aryl methyl sites for hydroxylation is 2. The Morgan fingerprint density at radius 1 is 1.52 bits per heavy atom. The Hall–Kier alpha value is -1.40. The SMILES string of the molecule is Cc1nn(C)c2sc(C(=O)NCCCC(C)(C)CO)cc12. The molecule has 5 nitrogen and oxygen atoms in total. The van der Waals surface area contributed by atoms with Crippen LogP contribution >= 0.6 is 11.3 Å². The van der Waals surface area contributed by atoms with Crippen LogP contribution in [0.3, 0.4) is 0 Å². The number of fused-ring (bicyclic) bond motifs is 1. The van der Waals surface area contributed by atoms with Gasteiger partial charge in [0, 0.05) is 25.6 Å². The van der Waals surface area contributed by atoms with Gasteiger partial charge < -0.3 is 10.4 Å². The number of aliphatic hydroxyl groups excluding tert-OH is 1. The fourth-order valence-electron chi connectivity index (χ4n) is 2.25. The molecule has 0 aliphatic rings. The average molecular weight is 309 g/mol. The summed E-state index contributed by atoms with van der Waals surface area (Å²) in [6.45, 7) is 6.80. The van der Waals surface area contributed by atoms with Crippen LogP contribution in [0.2, 0.25) is 0 Å². The van der Waals surface area contributed by atoms with Crippen LogP contribution in [0.1, 0.15) is 42.1 Å². The highest BCUT2D eigenvalue weighted by Crippen LogP contribution is 2.27. The van der Waals surface area contributed by atoms with Crippen LogP contribution in [-0.2, 0) is 7.05 Å². The van der Waals surface area contributed by atoms with Crippen LogP contribution in [0.25, 0.3) is 10.2 Å². The van der Waals surface area contributed by atoms with E-state index in [9.17, 15) is 9.90 Å². The third-order valence-electron chi connectivity index (χ3n) is 3.66. The quantitative estimate of drug-likeness (QED) is 0.806. The molecule has 2 rings (SSSR count). The van der Waals surface area contributed by atoms with Crippen LogP contribution < -0.4 is 5.32 Å². The molecule has 0 aliphatic carbocycles. The number of amides is 1. The van der Waals surface area contributed by atoms with Gasteiger partial charge in [0.1, 0.15) is 4.83 Å². The van der Waals surface area contributed by atoms with Crippen molar-refractivity contribution >= 4 is 27.5 Å². The number of aromatic nitrogens is 2. The van der Waals surface area contributed by atoms with Crippen LogP contribution in [0.15, 0.2) is 6.07 Å². The summed E-state index contributed by atoms with van der Waals surface area (Å²) in [5.41, 5.74) is 0.873. The van der Waals surface area contributed by atoms with E-state index >= 15 is 0 Å². The first-order valence-electron chi connectivity index (χ1n) is 7.16. The monoisotopic (exact) mass is 309 g/mol. The molecular formula is C15H23N3O2S. The Morgan fingerprint density at radius 2 is 2.24 bits per heavy atom. The van der Waals surface area contributed by atoms with Gasteiger partial charge in [-0.05, 0) is 31.2 Å². The average Bonchev–Trinajstić information content (AvgIpc) is 2.97. The number of carbonyl (C=O) groups excluding carboxylic acids is 1. The first-order chi connectivity index (χ1) is 9.84. The van der Waals surface area contributed by atoms with Crippen LogP contribution in [0.4, 0.5) is 0 Å². The fourth-order valence-corrected chi connectivity index (χ4v) is 3.29. The number of carbonyl (C=O) groups is 1. The van der Waals surface area contributed by atoms with Crippen molar-refractivity contribution in [2.45, 2.75) is 33.6 Å². The van der Waals surface area contributed by atoms with Gasteiger partial charge in [0.15, 0.2) is 0 Å². The number of hydrogen-bond acceptors (Lipinski definition) is 4. The molecule has 2 aromatic rings. The highest BCUT2D eigenvalue weighted by Gasteiger charge is 2.17. The molecule has 1 amide bonds. The van der Waals surface area contributed by atoms with Gasteiger partial charge in [-0.2, -0.15) is 5.10 Å². The summed E-state index contributed by atoms with van der Waals surface area (Å²) in [5, 5.41) is 17.5. The van der Waals surface area contributed by atoms with Crippen molar-refractivity contribution in [1.82, 2.24) is 15.1 Å². The van der Waals surface area contributed by atoms with Gasteiger partial charge in [-0.15, -0.1) is 11.3 Å². The van der Waals surface area contributed by atoms with Crippen molar-refractivity contribution in [3.05, 3.63) is 16.6 Å². The number of nitrogens with zero attached hydrogens (tertiary/aromatic N) is 2. The molecule has 2 heterocycles. The third-order valence-corrected chi connectivity index (χ3v) is 4.86. The summed E-state index contributed by atoms with van der Waals surface area (Å²) in [4.78, 5) is 13.9. The molecule has 0 spiro atoms. The second-order valence-electron chi connectivity index (χ2n) is 6.22. The van der Waals surface area contributed by atoms with Crippen molar-refractivity contribution in [2.24, 2.45) is 12.5 Å². The summed E-state index contributed by atoms with van der Waals surface area (Å²) >= 11 is 1.47. The van der Waals surface area contributed by atoms with Crippen molar-refractivity contribution in [2.75, 3.05) is 13.2 Å². The number of thiophene rings is 1. The normalized spacial score (nSPS) is 12.0. The molecule has 0 unspecified atom stereocenters. The summed E-state index contributed by atoms with van der Waals surface area (Å²) in [6, 6.07) is 1.91. The Bertz CT molecular complexity index is 608. The maximum atomic E-state index is 12.1. The molecule has 0 fully saturated rings. The molecule has 0 saturated heterocycles. The molecule has 0 atom stereocenters. The van der Waals surface area contributed by atoms with E-state index < -0.39 is 0 Å². The van der Waals surface area contributed by atoms with E-state index in [4.69, 9.17) is 0 Å². The van der Waals surface area contributed by atoms with Gasteiger partial charge in [-0.25, -0.2) is 0 Å². The molecule has 0 bridgehead atoms. The zero-order chi connectivity index (χ0) is 15.6. The lowest BCUT2D eigenvalue weighted by atomic mass is 9.89. The van der Waals surface area contributed by atoms with Crippen LogP contribution in [0, 0.1) is 12.3 Å². The fraction of sp³-hybridized carbons (Fsp3) is 0.600. The number of nitrogens with one attached hydrogen (secondary N) is 1. The molecule has 2 aromatic heterocycles. The minimum atomic E-state index is -0.0783. The summed E-state index contributed by atoms with van der Waals surface area (Å²) in [6.07, 6.45) is 1.75. The first kappa shape index (κ1) is 16.0. The maximum absolute atomic E-state index is 12.1.